The third-order valence-corrected chi connectivity index (χ3v) is 7.40. The summed E-state index contributed by atoms with van der Waals surface area (Å²) in [6.45, 7) is 9.18. The van der Waals surface area contributed by atoms with Crippen molar-refractivity contribution < 1.29 is 33.0 Å². The van der Waals surface area contributed by atoms with Gasteiger partial charge in [-0.15, -0.1) is 0 Å². The van der Waals surface area contributed by atoms with E-state index in [2.05, 4.69) is 20.9 Å². The summed E-state index contributed by atoms with van der Waals surface area (Å²) in [6, 6.07) is 13.1. The predicted octanol–water partition coefficient (Wildman–Crippen LogP) is 4.18. The van der Waals surface area contributed by atoms with Crippen molar-refractivity contribution in [1.82, 2.24) is 25.1 Å². The third-order valence-electron chi connectivity index (χ3n) is 7.40. The summed E-state index contributed by atoms with van der Waals surface area (Å²) >= 11 is 0. The molecular weight excluding hydrogens is 607 g/mol. The molecule has 1 aliphatic heterocycles. The van der Waals surface area contributed by atoms with Crippen LogP contribution >= 0.6 is 0 Å². The number of likely N-dealkylation sites (tertiary alicyclic amines) is 1. The molecule has 3 N–H and O–H groups in total. The summed E-state index contributed by atoms with van der Waals surface area (Å²) in [5, 5.41) is 7.86. The average molecular weight is 651 g/mol. The van der Waals surface area contributed by atoms with Crippen molar-refractivity contribution in [3.8, 4) is 0 Å². The Morgan fingerprint density at radius 3 is 2.28 bits per heavy atom. The molecule has 1 aromatic heterocycles. The molecule has 1 aliphatic rings. The van der Waals surface area contributed by atoms with Gasteiger partial charge >= 0.3 is 6.09 Å². The molecule has 2 heterocycles. The quantitative estimate of drug-likeness (QED) is 0.267. The van der Waals surface area contributed by atoms with E-state index in [0.29, 0.717) is 13.1 Å². The number of aromatic nitrogens is 2. The monoisotopic (exact) mass is 650 g/mol. The van der Waals surface area contributed by atoms with Crippen LogP contribution in [0, 0.1) is 5.82 Å². The molecule has 4 rings (SSSR count). The Hall–Kier alpha value is -4.78. The van der Waals surface area contributed by atoms with Gasteiger partial charge in [-0.05, 0) is 59.1 Å². The number of imidazole rings is 1. The molecule has 0 bridgehead atoms. The second-order valence-electron chi connectivity index (χ2n) is 12.9. The van der Waals surface area contributed by atoms with Gasteiger partial charge in [0.2, 0.25) is 11.8 Å². The number of halogens is 1. The second kappa shape index (κ2) is 15.2. The van der Waals surface area contributed by atoms with Gasteiger partial charge in [0.05, 0.1) is 19.5 Å². The van der Waals surface area contributed by atoms with Crippen LogP contribution in [0.3, 0.4) is 0 Å². The first-order valence-electron chi connectivity index (χ1n) is 15.5. The van der Waals surface area contributed by atoms with E-state index in [0.717, 1.165) is 18.4 Å². The number of rotatable bonds is 12. The smallest absolute Gasteiger partial charge is 0.408 e. The number of hydrogen-bond acceptors (Lipinski definition) is 7. The zero-order valence-electron chi connectivity index (χ0n) is 27.4. The van der Waals surface area contributed by atoms with Gasteiger partial charge in [0.1, 0.15) is 29.0 Å². The van der Waals surface area contributed by atoms with Crippen molar-refractivity contribution >= 4 is 29.6 Å². The fourth-order valence-electron chi connectivity index (χ4n) is 4.99. The molecule has 0 saturated carbocycles. The second-order valence-corrected chi connectivity index (χ2v) is 12.9. The number of nitrogens with zero attached hydrogens (tertiary/aromatic N) is 3. The maximum atomic E-state index is 15.0. The Balaban J connectivity index is 1.52. The van der Waals surface area contributed by atoms with Gasteiger partial charge in [-0.25, -0.2) is 14.2 Å². The van der Waals surface area contributed by atoms with Gasteiger partial charge in [-0.3, -0.25) is 14.4 Å². The van der Waals surface area contributed by atoms with Gasteiger partial charge in [0.15, 0.2) is 5.82 Å². The van der Waals surface area contributed by atoms with Crippen LogP contribution in [0.4, 0.5) is 15.0 Å². The van der Waals surface area contributed by atoms with Crippen molar-refractivity contribution in [2.45, 2.75) is 77.3 Å². The highest BCUT2D eigenvalue weighted by Gasteiger charge is 2.35. The van der Waals surface area contributed by atoms with Crippen LogP contribution < -0.4 is 16.0 Å². The number of nitrogens with one attached hydrogen (secondary N) is 3. The number of anilines is 1. The number of hydrogen-bond donors (Lipinski definition) is 3. The lowest BCUT2D eigenvalue weighted by Gasteiger charge is -2.29. The molecule has 3 aromatic rings. The van der Waals surface area contributed by atoms with Crippen LogP contribution in [-0.2, 0) is 30.5 Å². The normalized spacial score (nSPS) is 14.6. The molecule has 13 heteroatoms. The Labute approximate surface area is 274 Å². The minimum absolute atomic E-state index is 0.0824. The van der Waals surface area contributed by atoms with E-state index < -0.39 is 46.9 Å². The maximum Gasteiger partial charge on any atom is 0.408 e. The van der Waals surface area contributed by atoms with Gasteiger partial charge in [-0.2, -0.15) is 0 Å². The lowest BCUT2D eigenvalue weighted by Crippen LogP contribution is -2.59. The van der Waals surface area contributed by atoms with Crippen molar-refractivity contribution in [2.75, 3.05) is 25.0 Å². The standard InChI is InChI=1S/C34H43FN6O6/c1-33(2,3)47-32(45)39-34(4,5)31(44)37-26(21-46-20-23-13-7-6-8-14-23)29(42)38-27-19-41(22-36-27)28(24-15-9-10-16-25(24)35)30(43)40-17-11-12-18-40/h6-10,13-16,19,22,26,28H,11-12,17-18,20-21H2,1-5H3,(H,37,44)(H,38,42)(H,39,45). The Morgan fingerprint density at radius 2 is 1.62 bits per heavy atom. The first kappa shape index (κ1) is 35.1. The number of benzene rings is 2. The summed E-state index contributed by atoms with van der Waals surface area (Å²) in [4.78, 5) is 58.8. The highest BCUT2D eigenvalue weighted by Crippen LogP contribution is 2.26. The predicted molar refractivity (Wildman–Crippen MR) is 173 cm³/mol. The number of ether oxygens (including phenoxy) is 2. The minimum Gasteiger partial charge on any atom is -0.444 e. The SMILES string of the molecule is CC(C)(C)OC(=O)NC(C)(C)C(=O)NC(COCc1ccccc1)C(=O)Nc1cn(C(C(=O)N2CCCC2)c2ccccc2F)cn1. The van der Waals surface area contributed by atoms with Gasteiger partial charge in [0, 0.05) is 24.8 Å². The first-order valence-corrected chi connectivity index (χ1v) is 15.5. The zero-order valence-corrected chi connectivity index (χ0v) is 27.4. The van der Waals surface area contributed by atoms with Crippen molar-refractivity contribution in [3.05, 3.63) is 84.1 Å². The van der Waals surface area contributed by atoms with Crippen LogP contribution in [0.5, 0.6) is 0 Å². The fraction of sp³-hybridized carbons (Fsp3) is 0.441. The number of amides is 4. The van der Waals surface area contributed by atoms with Crippen molar-refractivity contribution in [1.29, 1.82) is 0 Å². The molecule has 0 radical (unpaired) electrons. The molecule has 2 atom stereocenters. The summed E-state index contributed by atoms with van der Waals surface area (Å²) in [5.74, 6) is -2.04. The van der Waals surface area contributed by atoms with Crippen LogP contribution in [-0.4, -0.2) is 75.1 Å². The largest absolute Gasteiger partial charge is 0.444 e. The average Bonchev–Trinajstić information content (AvgIpc) is 3.70. The van der Waals surface area contributed by atoms with Crippen LogP contribution in [0.25, 0.3) is 0 Å². The third kappa shape index (κ3) is 9.85. The van der Waals surface area contributed by atoms with E-state index in [4.69, 9.17) is 9.47 Å². The molecule has 4 amide bonds. The molecule has 1 saturated heterocycles. The van der Waals surface area contributed by atoms with Crippen LogP contribution in [0.15, 0.2) is 67.1 Å². The minimum atomic E-state index is -1.45. The summed E-state index contributed by atoms with van der Waals surface area (Å²) in [7, 11) is 0. The molecule has 47 heavy (non-hydrogen) atoms. The number of carbonyl (C=O) groups is 4. The highest BCUT2D eigenvalue weighted by molar-refractivity contribution is 5.98. The van der Waals surface area contributed by atoms with Crippen molar-refractivity contribution in [2.24, 2.45) is 0 Å². The van der Waals surface area contributed by atoms with Crippen LogP contribution in [0.1, 0.15) is 64.6 Å². The van der Waals surface area contributed by atoms with E-state index in [1.807, 2.05) is 30.3 Å². The molecule has 0 aliphatic carbocycles. The lowest BCUT2D eigenvalue weighted by atomic mass is 10.0. The van der Waals surface area contributed by atoms with E-state index >= 15 is 0 Å². The molecule has 0 spiro atoms. The van der Waals surface area contributed by atoms with E-state index in [1.165, 1.54) is 37.0 Å². The number of carbonyl (C=O) groups excluding carboxylic acids is 4. The molecule has 1 fully saturated rings. The fourth-order valence-corrected chi connectivity index (χ4v) is 4.99. The molecule has 2 aromatic carbocycles. The highest BCUT2D eigenvalue weighted by atomic mass is 19.1. The van der Waals surface area contributed by atoms with E-state index in [1.54, 1.807) is 43.9 Å². The van der Waals surface area contributed by atoms with Gasteiger partial charge in [-0.1, -0.05) is 48.5 Å². The van der Waals surface area contributed by atoms with E-state index in [9.17, 15) is 23.6 Å². The van der Waals surface area contributed by atoms with Crippen molar-refractivity contribution in [3.63, 3.8) is 0 Å². The summed E-state index contributed by atoms with van der Waals surface area (Å²) < 4.78 is 27.5. The van der Waals surface area contributed by atoms with Gasteiger partial charge < -0.3 is 34.9 Å². The Bertz CT molecular complexity index is 1550. The topological polar surface area (TPSA) is 144 Å². The molecule has 2 unspecified atom stereocenters. The van der Waals surface area contributed by atoms with Crippen LogP contribution in [0.2, 0.25) is 0 Å². The summed E-state index contributed by atoms with van der Waals surface area (Å²) in [5.41, 5.74) is -1.19. The lowest BCUT2D eigenvalue weighted by molar-refractivity contribution is -0.132. The summed E-state index contributed by atoms with van der Waals surface area (Å²) in [6.07, 6.45) is 3.74. The first-order chi connectivity index (χ1) is 22.2. The number of alkyl carbamates (subject to hydrolysis) is 1. The van der Waals surface area contributed by atoms with E-state index in [-0.39, 0.29) is 30.5 Å². The molecular formula is C34H43FN6O6. The maximum absolute atomic E-state index is 15.0. The Morgan fingerprint density at radius 1 is 0.957 bits per heavy atom. The Kier molecular flexibility index (Phi) is 11.3. The molecule has 12 nitrogen and oxygen atoms in total. The van der Waals surface area contributed by atoms with Gasteiger partial charge in [0.25, 0.3) is 5.91 Å². The molecule has 252 valence electrons. The zero-order chi connectivity index (χ0) is 34.2.